The summed E-state index contributed by atoms with van der Waals surface area (Å²) < 4.78 is 1.02. The fraction of sp³-hybridized carbons (Fsp3) is 0.167. The number of aliphatic carboxylic acids is 1. The Labute approximate surface area is 133 Å². The second kappa shape index (κ2) is 5.54. The van der Waals surface area contributed by atoms with Gasteiger partial charge in [-0.1, -0.05) is 60.3 Å². The van der Waals surface area contributed by atoms with Gasteiger partial charge in [0.15, 0.2) is 0 Å². The summed E-state index contributed by atoms with van der Waals surface area (Å²) in [5.41, 5.74) is 1.89. The molecule has 3 aromatic rings. The number of hydrogen-bond donors (Lipinski definition) is 1. The van der Waals surface area contributed by atoms with Crippen molar-refractivity contribution in [2.24, 2.45) is 7.05 Å². The molecule has 0 radical (unpaired) electrons. The van der Waals surface area contributed by atoms with Crippen molar-refractivity contribution in [2.45, 2.75) is 16.7 Å². The normalized spacial score (nSPS) is 13.9. The zero-order valence-corrected chi connectivity index (χ0v) is 13.3. The summed E-state index contributed by atoms with van der Waals surface area (Å²) in [7, 11) is 1.97. The molecule has 0 spiro atoms. The molecule has 1 atom stereocenters. The number of nitrogens with zero attached hydrogens (tertiary/aromatic N) is 1. The molecule has 2 aromatic carbocycles. The Morgan fingerprint density at radius 1 is 1.09 bits per heavy atom. The van der Waals surface area contributed by atoms with Gasteiger partial charge in [0.05, 0.1) is 5.03 Å². The number of rotatable bonds is 4. The van der Waals surface area contributed by atoms with Crippen molar-refractivity contribution >= 4 is 28.6 Å². The third kappa shape index (κ3) is 2.40. The van der Waals surface area contributed by atoms with Crippen molar-refractivity contribution in [1.29, 1.82) is 0 Å². The minimum absolute atomic E-state index is 0.790. The molecule has 0 bridgehead atoms. The maximum atomic E-state index is 11.9. The second-order valence-corrected chi connectivity index (χ2v) is 6.85. The highest BCUT2D eigenvalue weighted by Crippen LogP contribution is 2.42. The molecule has 0 fully saturated rings. The van der Waals surface area contributed by atoms with Gasteiger partial charge in [-0.3, -0.25) is 4.79 Å². The summed E-state index contributed by atoms with van der Waals surface area (Å²) in [6.45, 7) is 1.76. The quantitative estimate of drug-likeness (QED) is 0.732. The number of benzene rings is 2. The first kappa shape index (κ1) is 14.7. The highest BCUT2D eigenvalue weighted by atomic mass is 32.2. The summed E-state index contributed by atoms with van der Waals surface area (Å²) in [6.07, 6.45) is 0. The van der Waals surface area contributed by atoms with Gasteiger partial charge >= 0.3 is 5.97 Å². The molecular formula is C18H17NO2S. The highest BCUT2D eigenvalue weighted by Gasteiger charge is 2.37. The number of carboxylic acids is 1. The van der Waals surface area contributed by atoms with E-state index in [0.717, 1.165) is 21.5 Å². The van der Waals surface area contributed by atoms with E-state index in [9.17, 15) is 9.90 Å². The van der Waals surface area contributed by atoms with E-state index in [0.29, 0.717) is 0 Å². The minimum atomic E-state index is -1.02. The lowest BCUT2D eigenvalue weighted by molar-refractivity contribution is -0.139. The van der Waals surface area contributed by atoms with Crippen LogP contribution in [-0.2, 0) is 16.6 Å². The monoisotopic (exact) mass is 311 g/mol. The van der Waals surface area contributed by atoms with Crippen molar-refractivity contribution in [3.63, 3.8) is 0 Å². The van der Waals surface area contributed by atoms with Gasteiger partial charge in [-0.2, -0.15) is 0 Å². The largest absolute Gasteiger partial charge is 0.480 e. The fourth-order valence-electron chi connectivity index (χ4n) is 2.55. The van der Waals surface area contributed by atoms with Crippen LogP contribution in [0.4, 0.5) is 0 Å². The Morgan fingerprint density at radius 3 is 2.36 bits per heavy atom. The average Bonchev–Trinajstić information content (AvgIpc) is 2.84. The van der Waals surface area contributed by atoms with Crippen molar-refractivity contribution in [3.05, 3.63) is 66.2 Å². The Kier molecular flexibility index (Phi) is 3.71. The van der Waals surface area contributed by atoms with E-state index < -0.39 is 10.7 Å². The molecule has 0 aliphatic rings. The summed E-state index contributed by atoms with van der Waals surface area (Å²) in [6, 6.07) is 19.5. The molecule has 4 heteroatoms. The third-order valence-electron chi connectivity index (χ3n) is 3.95. The van der Waals surface area contributed by atoms with Crippen LogP contribution in [0.2, 0.25) is 0 Å². The molecule has 1 aromatic heterocycles. The third-order valence-corrected chi connectivity index (χ3v) is 5.37. The molecule has 0 saturated carbocycles. The number of carbonyl (C=O) groups is 1. The van der Waals surface area contributed by atoms with Gasteiger partial charge in [0.25, 0.3) is 0 Å². The highest BCUT2D eigenvalue weighted by molar-refractivity contribution is 8.00. The van der Waals surface area contributed by atoms with E-state index in [2.05, 4.69) is 0 Å². The van der Waals surface area contributed by atoms with E-state index in [1.165, 1.54) is 11.8 Å². The molecule has 22 heavy (non-hydrogen) atoms. The summed E-state index contributed by atoms with van der Waals surface area (Å²) >= 11 is 1.37. The number of para-hydroxylation sites is 1. The predicted octanol–water partition coefficient (Wildman–Crippen LogP) is 4.27. The Morgan fingerprint density at radius 2 is 1.73 bits per heavy atom. The van der Waals surface area contributed by atoms with Crippen LogP contribution in [0.5, 0.6) is 0 Å². The molecule has 3 rings (SSSR count). The molecule has 0 aliphatic heterocycles. The average molecular weight is 311 g/mol. The molecule has 112 valence electrons. The first-order chi connectivity index (χ1) is 10.5. The van der Waals surface area contributed by atoms with Crippen LogP contribution in [0, 0.1) is 0 Å². The molecule has 0 aliphatic carbocycles. The number of aryl methyl sites for hydroxylation is 1. The lowest BCUT2D eigenvalue weighted by Gasteiger charge is -2.24. The van der Waals surface area contributed by atoms with E-state index in [1.807, 2.05) is 72.3 Å². The van der Waals surface area contributed by atoms with Gasteiger partial charge in [-0.05, 0) is 24.6 Å². The Balaban J connectivity index is 2.07. The number of carboxylic acid groups (broad SMARTS) is 1. The summed E-state index contributed by atoms with van der Waals surface area (Å²) in [5.74, 6) is -0.839. The lowest BCUT2D eigenvalue weighted by Crippen LogP contribution is -2.28. The number of hydrogen-bond acceptors (Lipinski definition) is 2. The first-order valence-corrected chi connectivity index (χ1v) is 7.86. The van der Waals surface area contributed by atoms with Crippen molar-refractivity contribution in [3.8, 4) is 0 Å². The van der Waals surface area contributed by atoms with Crippen LogP contribution < -0.4 is 0 Å². The molecule has 0 saturated heterocycles. The topological polar surface area (TPSA) is 42.2 Å². The molecule has 3 nitrogen and oxygen atoms in total. The maximum Gasteiger partial charge on any atom is 0.324 e. The second-order valence-electron chi connectivity index (χ2n) is 5.41. The SMILES string of the molecule is Cn1c(SC(C)(C(=O)O)c2ccccc2)cc2ccccc21. The van der Waals surface area contributed by atoms with Crippen molar-refractivity contribution in [1.82, 2.24) is 4.57 Å². The van der Waals surface area contributed by atoms with E-state index >= 15 is 0 Å². The fourth-order valence-corrected chi connectivity index (χ4v) is 3.73. The zero-order chi connectivity index (χ0) is 15.7. The van der Waals surface area contributed by atoms with E-state index in [-0.39, 0.29) is 0 Å². The zero-order valence-electron chi connectivity index (χ0n) is 12.5. The summed E-state index contributed by atoms with van der Waals surface area (Å²) in [4.78, 5) is 11.9. The lowest BCUT2D eigenvalue weighted by atomic mass is 10.0. The van der Waals surface area contributed by atoms with Crippen LogP contribution >= 0.6 is 11.8 Å². The Hall–Kier alpha value is -2.20. The smallest absolute Gasteiger partial charge is 0.324 e. The van der Waals surface area contributed by atoms with E-state index in [1.54, 1.807) is 6.92 Å². The van der Waals surface area contributed by atoms with Crippen LogP contribution in [0.1, 0.15) is 12.5 Å². The van der Waals surface area contributed by atoms with Gasteiger partial charge < -0.3 is 9.67 Å². The van der Waals surface area contributed by atoms with Gasteiger partial charge in [0.2, 0.25) is 0 Å². The van der Waals surface area contributed by atoms with Gasteiger partial charge in [-0.25, -0.2) is 0 Å². The molecule has 1 N–H and O–H groups in total. The first-order valence-electron chi connectivity index (χ1n) is 7.05. The number of aromatic nitrogens is 1. The van der Waals surface area contributed by atoms with Gasteiger partial charge in [-0.15, -0.1) is 0 Å². The number of fused-ring (bicyclic) bond motifs is 1. The minimum Gasteiger partial charge on any atom is -0.480 e. The summed E-state index contributed by atoms with van der Waals surface area (Å²) in [5, 5.41) is 11.8. The van der Waals surface area contributed by atoms with Crippen LogP contribution in [0.25, 0.3) is 10.9 Å². The van der Waals surface area contributed by atoms with Crippen molar-refractivity contribution in [2.75, 3.05) is 0 Å². The number of thioether (sulfide) groups is 1. The van der Waals surface area contributed by atoms with Crippen LogP contribution in [-0.4, -0.2) is 15.6 Å². The van der Waals surface area contributed by atoms with Gasteiger partial charge in [0, 0.05) is 18.0 Å². The maximum absolute atomic E-state index is 11.9. The Bertz CT molecular complexity index is 825. The molecule has 1 unspecified atom stereocenters. The van der Waals surface area contributed by atoms with Crippen molar-refractivity contribution < 1.29 is 9.90 Å². The predicted molar refractivity (Wildman–Crippen MR) is 90.2 cm³/mol. The van der Waals surface area contributed by atoms with E-state index in [4.69, 9.17) is 0 Å². The molecular weight excluding hydrogens is 294 g/mol. The van der Waals surface area contributed by atoms with Crippen LogP contribution in [0.3, 0.4) is 0 Å². The van der Waals surface area contributed by atoms with Gasteiger partial charge in [0.1, 0.15) is 4.75 Å². The molecule has 1 heterocycles. The van der Waals surface area contributed by atoms with Crippen LogP contribution in [0.15, 0.2) is 65.7 Å². The standard InChI is InChI=1S/C18H17NO2S/c1-18(17(20)21,14-9-4-3-5-10-14)22-16-12-13-8-6-7-11-15(13)19(16)2/h3-12H,1-2H3,(H,20,21). The molecule has 0 amide bonds.